The number of H-pyrrole nitrogens is 1. The molecular weight excluding hydrogens is 379 g/mol. The summed E-state index contributed by atoms with van der Waals surface area (Å²) in [5, 5.41) is 0.862. The predicted octanol–water partition coefficient (Wildman–Crippen LogP) is 4.41. The van der Waals surface area contributed by atoms with E-state index in [9.17, 15) is 17.6 Å². The lowest BCUT2D eigenvalue weighted by Crippen LogP contribution is -2.40. The second-order valence-corrected chi connectivity index (χ2v) is 8.96. The Morgan fingerprint density at radius 3 is 2.71 bits per heavy atom. The van der Waals surface area contributed by atoms with Gasteiger partial charge in [0, 0.05) is 35.1 Å². The molecule has 28 heavy (non-hydrogen) atoms. The van der Waals surface area contributed by atoms with Crippen LogP contribution in [0.15, 0.2) is 47.5 Å². The highest BCUT2D eigenvalue weighted by atomic mass is 32.2. The molecular formula is C21H21FN2O3S. The molecule has 7 heteroatoms. The molecule has 1 N–H and O–H groups in total. The summed E-state index contributed by atoms with van der Waals surface area (Å²) in [6.07, 6.45) is 2.08. The zero-order chi connectivity index (χ0) is 20.2. The van der Waals surface area contributed by atoms with E-state index in [-0.39, 0.29) is 22.9 Å². The number of hydrogen-bond donors (Lipinski definition) is 1. The summed E-state index contributed by atoms with van der Waals surface area (Å²) >= 11 is 0. The molecule has 0 fully saturated rings. The Hall–Kier alpha value is -2.51. The number of aromatic amines is 1. The van der Waals surface area contributed by atoms with Crippen LogP contribution in [0.3, 0.4) is 0 Å². The van der Waals surface area contributed by atoms with Crippen molar-refractivity contribution < 1.29 is 17.6 Å². The van der Waals surface area contributed by atoms with Gasteiger partial charge in [0.1, 0.15) is 5.82 Å². The highest BCUT2D eigenvalue weighted by Gasteiger charge is 2.44. The summed E-state index contributed by atoms with van der Waals surface area (Å²) in [6, 6.07) is 8.60. The van der Waals surface area contributed by atoms with E-state index in [1.165, 1.54) is 16.4 Å². The fraction of sp³-hybridized carbons (Fsp3) is 0.286. The molecule has 0 saturated heterocycles. The largest absolute Gasteiger partial charge is 0.360 e. The fourth-order valence-corrected chi connectivity index (χ4v) is 6.11. The normalized spacial score (nSPS) is 19.6. The molecule has 1 aliphatic heterocycles. The predicted molar refractivity (Wildman–Crippen MR) is 106 cm³/mol. The van der Waals surface area contributed by atoms with Crippen molar-refractivity contribution in [2.24, 2.45) is 0 Å². The molecule has 0 saturated carbocycles. The summed E-state index contributed by atoms with van der Waals surface area (Å²) in [7, 11) is -3.73. The van der Waals surface area contributed by atoms with E-state index < -0.39 is 22.1 Å². The summed E-state index contributed by atoms with van der Waals surface area (Å²) in [4.78, 5) is 15.5. The number of nitrogens with zero attached hydrogens (tertiary/aromatic N) is 1. The molecule has 3 aromatic rings. The molecule has 2 aromatic carbocycles. The van der Waals surface area contributed by atoms with Crippen molar-refractivity contribution in [3.8, 4) is 11.1 Å². The number of carbonyl (C=O) groups is 1. The standard InChI is InChI=1S/C21H21FN2O3S/c1-4-20(25)13(3)24-12(2)17-9-14(5-8-21(17)28(24,26)27)18-11-23-19-10-15(22)6-7-16(18)19/h5-13,23H,4H2,1-3H3. The van der Waals surface area contributed by atoms with Crippen LogP contribution in [0.4, 0.5) is 4.39 Å². The van der Waals surface area contributed by atoms with Gasteiger partial charge in [0.2, 0.25) is 10.0 Å². The van der Waals surface area contributed by atoms with Gasteiger partial charge in [-0.3, -0.25) is 4.79 Å². The molecule has 0 amide bonds. The van der Waals surface area contributed by atoms with Crippen molar-refractivity contribution in [3.63, 3.8) is 0 Å². The maximum Gasteiger partial charge on any atom is 0.244 e. The average Bonchev–Trinajstić information content (AvgIpc) is 3.17. The minimum Gasteiger partial charge on any atom is -0.360 e. The molecule has 0 spiro atoms. The third kappa shape index (κ3) is 2.69. The molecule has 0 radical (unpaired) electrons. The lowest BCUT2D eigenvalue weighted by Gasteiger charge is -2.25. The number of benzene rings is 2. The molecule has 1 aliphatic rings. The van der Waals surface area contributed by atoms with Crippen molar-refractivity contribution in [3.05, 3.63) is 54.0 Å². The van der Waals surface area contributed by atoms with Crippen molar-refractivity contribution >= 4 is 26.7 Å². The molecule has 0 bridgehead atoms. The van der Waals surface area contributed by atoms with Gasteiger partial charge < -0.3 is 4.98 Å². The van der Waals surface area contributed by atoms with E-state index in [0.717, 1.165) is 16.5 Å². The number of hydrogen-bond acceptors (Lipinski definition) is 3. The highest BCUT2D eigenvalue weighted by molar-refractivity contribution is 7.89. The van der Waals surface area contributed by atoms with E-state index in [1.54, 1.807) is 45.2 Å². The third-order valence-electron chi connectivity index (χ3n) is 5.55. The summed E-state index contributed by atoms with van der Waals surface area (Å²) in [5.74, 6) is -0.429. The van der Waals surface area contributed by atoms with Crippen LogP contribution in [0.25, 0.3) is 22.0 Å². The number of aromatic nitrogens is 1. The Bertz CT molecular complexity index is 1200. The van der Waals surface area contributed by atoms with Crippen LogP contribution in [-0.2, 0) is 14.8 Å². The number of halogens is 1. The number of nitrogens with one attached hydrogen (secondary N) is 1. The van der Waals surface area contributed by atoms with Gasteiger partial charge in [-0.2, -0.15) is 4.31 Å². The number of sulfonamides is 1. The van der Waals surface area contributed by atoms with Crippen molar-refractivity contribution in [2.75, 3.05) is 0 Å². The molecule has 146 valence electrons. The first-order valence-corrected chi connectivity index (χ1v) is 10.7. The van der Waals surface area contributed by atoms with Crippen LogP contribution >= 0.6 is 0 Å². The number of fused-ring (bicyclic) bond motifs is 2. The van der Waals surface area contributed by atoms with E-state index in [2.05, 4.69) is 4.98 Å². The van der Waals surface area contributed by atoms with Crippen LogP contribution < -0.4 is 0 Å². The Morgan fingerprint density at radius 1 is 1.25 bits per heavy atom. The van der Waals surface area contributed by atoms with Gasteiger partial charge in [-0.1, -0.05) is 13.0 Å². The van der Waals surface area contributed by atoms with Crippen LogP contribution in [0.1, 0.15) is 38.8 Å². The van der Waals surface area contributed by atoms with Crippen molar-refractivity contribution in [2.45, 2.75) is 44.2 Å². The van der Waals surface area contributed by atoms with Crippen molar-refractivity contribution in [1.82, 2.24) is 9.29 Å². The lowest BCUT2D eigenvalue weighted by molar-refractivity contribution is -0.122. The molecule has 1 aromatic heterocycles. The zero-order valence-corrected chi connectivity index (χ0v) is 16.7. The van der Waals surface area contributed by atoms with Gasteiger partial charge >= 0.3 is 0 Å². The Kier molecular flexibility index (Phi) is 4.39. The first-order valence-electron chi connectivity index (χ1n) is 9.23. The van der Waals surface area contributed by atoms with Gasteiger partial charge in [-0.05, 0) is 55.3 Å². The molecule has 2 atom stereocenters. The Balaban J connectivity index is 1.82. The monoisotopic (exact) mass is 400 g/mol. The van der Waals surface area contributed by atoms with Gasteiger partial charge in [-0.15, -0.1) is 0 Å². The van der Waals surface area contributed by atoms with Crippen molar-refractivity contribution in [1.29, 1.82) is 0 Å². The topological polar surface area (TPSA) is 70.2 Å². The second kappa shape index (κ2) is 6.53. The van der Waals surface area contributed by atoms with Crippen LogP contribution in [0.2, 0.25) is 0 Å². The minimum absolute atomic E-state index is 0.109. The first kappa shape index (κ1) is 18.8. The molecule has 2 unspecified atom stereocenters. The van der Waals surface area contributed by atoms with Crippen LogP contribution in [-0.4, -0.2) is 29.5 Å². The first-order chi connectivity index (χ1) is 13.3. The maximum atomic E-state index is 13.5. The number of carbonyl (C=O) groups excluding carboxylic acids is 1. The van der Waals surface area contributed by atoms with E-state index in [4.69, 9.17) is 0 Å². The number of rotatable bonds is 4. The van der Waals surface area contributed by atoms with Crippen LogP contribution in [0.5, 0.6) is 0 Å². The summed E-state index contributed by atoms with van der Waals surface area (Å²) in [5.41, 5.74) is 3.07. The highest BCUT2D eigenvalue weighted by Crippen LogP contribution is 2.43. The summed E-state index contributed by atoms with van der Waals surface area (Å²) < 4.78 is 40.8. The van der Waals surface area contributed by atoms with Gasteiger partial charge in [0.05, 0.1) is 10.9 Å². The van der Waals surface area contributed by atoms with Gasteiger partial charge in [-0.25, -0.2) is 12.8 Å². The maximum absolute atomic E-state index is 13.5. The van der Waals surface area contributed by atoms with E-state index in [1.807, 2.05) is 6.07 Å². The van der Waals surface area contributed by atoms with E-state index >= 15 is 0 Å². The minimum atomic E-state index is -3.73. The number of ketones is 1. The Morgan fingerprint density at radius 2 is 2.00 bits per heavy atom. The molecule has 2 heterocycles. The molecule has 4 rings (SSSR count). The van der Waals surface area contributed by atoms with E-state index in [0.29, 0.717) is 11.1 Å². The number of Topliss-reactive ketones (excluding diaryl/α,β-unsaturated/α-hetero) is 1. The average molecular weight is 400 g/mol. The quantitative estimate of drug-likeness (QED) is 0.705. The molecule has 5 nitrogen and oxygen atoms in total. The smallest absolute Gasteiger partial charge is 0.244 e. The zero-order valence-electron chi connectivity index (χ0n) is 15.9. The molecule has 0 aliphatic carbocycles. The SMILES string of the molecule is CCC(=O)C(C)N1C(C)c2cc(-c3c[nH]c4cc(F)ccc34)ccc2S1(=O)=O. The fourth-order valence-electron chi connectivity index (χ4n) is 4.05. The summed E-state index contributed by atoms with van der Waals surface area (Å²) in [6.45, 7) is 5.18. The van der Waals surface area contributed by atoms with Gasteiger partial charge in [0.15, 0.2) is 5.78 Å². The van der Waals surface area contributed by atoms with Gasteiger partial charge in [0.25, 0.3) is 0 Å². The second-order valence-electron chi connectivity index (χ2n) is 7.15. The lowest BCUT2D eigenvalue weighted by atomic mass is 9.99. The third-order valence-corrected chi connectivity index (χ3v) is 7.66. The Labute approximate surface area is 163 Å². The van der Waals surface area contributed by atoms with Crippen LogP contribution in [0, 0.1) is 5.82 Å².